The number of carbonyl (C=O) groups is 1. The second-order valence-electron chi connectivity index (χ2n) is 6.93. The molecular weight excluding hydrogens is 394 g/mol. The summed E-state index contributed by atoms with van der Waals surface area (Å²) in [7, 11) is 0. The van der Waals surface area contributed by atoms with E-state index in [1.807, 2.05) is 42.5 Å². The van der Waals surface area contributed by atoms with Crippen molar-refractivity contribution in [1.29, 1.82) is 0 Å². The van der Waals surface area contributed by atoms with E-state index < -0.39 is 5.97 Å². The van der Waals surface area contributed by atoms with Crippen molar-refractivity contribution in [3.05, 3.63) is 94.7 Å². The molecule has 3 aromatic carbocycles. The van der Waals surface area contributed by atoms with Crippen LogP contribution < -0.4 is 11.2 Å². The largest absolute Gasteiger partial charge is 0.478 e. The second-order valence-corrected chi connectivity index (χ2v) is 7.98. The molecule has 4 nitrogen and oxygen atoms in total. The number of carboxylic acids is 1. The van der Waals surface area contributed by atoms with Gasteiger partial charge in [-0.25, -0.2) is 4.79 Å². The third-order valence-corrected chi connectivity index (χ3v) is 5.91. The highest BCUT2D eigenvalue weighted by Gasteiger charge is 2.10. The smallest absolute Gasteiger partial charge is 0.330 e. The summed E-state index contributed by atoms with van der Waals surface area (Å²) in [4.78, 5) is 22.5. The van der Waals surface area contributed by atoms with Crippen LogP contribution in [0.5, 0.6) is 0 Å². The van der Waals surface area contributed by atoms with E-state index in [1.165, 1.54) is 6.92 Å². The molecule has 0 aliphatic heterocycles. The van der Waals surface area contributed by atoms with Crippen molar-refractivity contribution in [3.63, 3.8) is 0 Å². The van der Waals surface area contributed by atoms with Crippen LogP contribution in [0.2, 0.25) is 0 Å². The van der Waals surface area contributed by atoms with Crippen LogP contribution in [0.25, 0.3) is 31.3 Å². The SMILES string of the molecule is C=C(C)C(=O)O.NCCc1cccc2c(=O)c3ccc(-c4ccccc4)cc3sc12. The lowest BCUT2D eigenvalue weighted by molar-refractivity contribution is -0.132. The molecule has 3 N–H and O–H groups in total. The van der Waals surface area contributed by atoms with E-state index in [9.17, 15) is 9.59 Å². The molecule has 1 aromatic heterocycles. The van der Waals surface area contributed by atoms with Gasteiger partial charge in [-0.1, -0.05) is 55.1 Å². The summed E-state index contributed by atoms with van der Waals surface area (Å²) in [5.41, 5.74) is 9.47. The number of rotatable bonds is 4. The minimum absolute atomic E-state index is 0.109. The minimum Gasteiger partial charge on any atom is -0.478 e. The van der Waals surface area contributed by atoms with Gasteiger partial charge in [0.2, 0.25) is 0 Å². The molecule has 30 heavy (non-hydrogen) atoms. The summed E-state index contributed by atoms with van der Waals surface area (Å²) in [5, 5.41) is 9.48. The molecule has 0 unspecified atom stereocenters. The Morgan fingerprint density at radius 3 is 2.33 bits per heavy atom. The third kappa shape index (κ3) is 4.64. The number of hydrogen-bond acceptors (Lipinski definition) is 4. The molecule has 0 aliphatic rings. The maximum Gasteiger partial charge on any atom is 0.330 e. The van der Waals surface area contributed by atoms with Gasteiger partial charge in [-0.05, 0) is 54.8 Å². The molecule has 0 aliphatic carbocycles. The Labute approximate surface area is 178 Å². The average Bonchev–Trinajstić information content (AvgIpc) is 2.75. The van der Waals surface area contributed by atoms with Crippen LogP contribution in [0, 0.1) is 0 Å². The monoisotopic (exact) mass is 417 g/mol. The van der Waals surface area contributed by atoms with Crippen molar-refractivity contribution in [2.75, 3.05) is 6.54 Å². The van der Waals surface area contributed by atoms with Crippen molar-refractivity contribution in [2.24, 2.45) is 5.73 Å². The van der Waals surface area contributed by atoms with Crippen molar-refractivity contribution >= 4 is 37.5 Å². The van der Waals surface area contributed by atoms with Crippen molar-refractivity contribution in [1.82, 2.24) is 0 Å². The molecule has 0 fully saturated rings. The quantitative estimate of drug-likeness (QED) is 0.352. The molecular formula is C25H23NO3S. The molecule has 4 aromatic rings. The summed E-state index contributed by atoms with van der Waals surface area (Å²) >= 11 is 1.69. The van der Waals surface area contributed by atoms with Gasteiger partial charge in [0.1, 0.15) is 0 Å². The van der Waals surface area contributed by atoms with Crippen molar-refractivity contribution in [3.8, 4) is 11.1 Å². The molecule has 4 rings (SSSR count). The highest BCUT2D eigenvalue weighted by atomic mass is 32.1. The number of nitrogens with two attached hydrogens (primary N) is 1. The van der Waals surface area contributed by atoms with Gasteiger partial charge in [0, 0.05) is 25.7 Å². The molecule has 0 saturated carbocycles. The van der Waals surface area contributed by atoms with E-state index in [0.29, 0.717) is 6.54 Å². The minimum atomic E-state index is -0.935. The zero-order chi connectivity index (χ0) is 21.7. The van der Waals surface area contributed by atoms with E-state index in [4.69, 9.17) is 10.8 Å². The fraction of sp³-hybridized carbons (Fsp3) is 0.120. The first kappa shape index (κ1) is 21.4. The van der Waals surface area contributed by atoms with Gasteiger partial charge in [0.15, 0.2) is 5.43 Å². The van der Waals surface area contributed by atoms with Crippen LogP contribution in [-0.2, 0) is 11.2 Å². The van der Waals surface area contributed by atoms with Gasteiger partial charge in [-0.2, -0.15) is 0 Å². The van der Waals surface area contributed by atoms with E-state index in [-0.39, 0.29) is 11.0 Å². The lowest BCUT2D eigenvalue weighted by Crippen LogP contribution is -2.06. The van der Waals surface area contributed by atoms with Crippen molar-refractivity contribution in [2.45, 2.75) is 13.3 Å². The van der Waals surface area contributed by atoms with Gasteiger partial charge < -0.3 is 10.8 Å². The Kier molecular flexibility index (Phi) is 6.77. The summed E-state index contributed by atoms with van der Waals surface area (Å²) in [5.74, 6) is -0.935. The Morgan fingerprint density at radius 1 is 1.00 bits per heavy atom. The summed E-state index contributed by atoms with van der Waals surface area (Å²) in [6.07, 6.45) is 0.789. The van der Waals surface area contributed by atoms with Crippen LogP contribution in [0.3, 0.4) is 0 Å². The van der Waals surface area contributed by atoms with Crippen molar-refractivity contribution < 1.29 is 9.90 Å². The molecule has 0 spiro atoms. The first-order valence-corrected chi connectivity index (χ1v) is 10.4. The van der Waals surface area contributed by atoms with Crippen LogP contribution in [0.4, 0.5) is 0 Å². The molecule has 0 atom stereocenters. The molecule has 0 radical (unpaired) electrons. The van der Waals surface area contributed by atoms with Gasteiger partial charge in [0.25, 0.3) is 0 Å². The molecule has 1 heterocycles. The van der Waals surface area contributed by atoms with Gasteiger partial charge in [0.05, 0.1) is 0 Å². The molecule has 0 saturated heterocycles. The predicted octanol–water partition coefficient (Wildman–Crippen LogP) is 5.23. The Hall–Kier alpha value is -3.28. The van der Waals surface area contributed by atoms with E-state index >= 15 is 0 Å². The highest BCUT2D eigenvalue weighted by Crippen LogP contribution is 2.31. The Balaban J connectivity index is 0.000000377. The maximum absolute atomic E-state index is 12.9. The maximum atomic E-state index is 12.9. The molecule has 0 bridgehead atoms. The number of aliphatic carboxylic acids is 1. The summed E-state index contributed by atoms with van der Waals surface area (Å²) < 4.78 is 2.09. The normalized spacial score (nSPS) is 10.5. The number of benzene rings is 3. The zero-order valence-electron chi connectivity index (χ0n) is 16.7. The fourth-order valence-corrected chi connectivity index (χ4v) is 4.34. The van der Waals surface area contributed by atoms with Gasteiger partial charge in [-0.15, -0.1) is 11.3 Å². The lowest BCUT2D eigenvalue weighted by atomic mass is 10.0. The van der Waals surface area contributed by atoms with E-state index in [1.54, 1.807) is 11.3 Å². The lowest BCUT2D eigenvalue weighted by Gasteiger charge is -2.08. The Bertz CT molecular complexity index is 1260. The second kappa shape index (κ2) is 9.48. The third-order valence-electron chi connectivity index (χ3n) is 4.67. The number of fused-ring (bicyclic) bond motifs is 2. The van der Waals surface area contributed by atoms with Crippen LogP contribution in [-0.4, -0.2) is 17.6 Å². The van der Waals surface area contributed by atoms with E-state index in [0.717, 1.165) is 43.3 Å². The average molecular weight is 418 g/mol. The predicted molar refractivity (Wildman–Crippen MR) is 126 cm³/mol. The fourth-order valence-electron chi connectivity index (χ4n) is 3.10. The number of hydrogen-bond donors (Lipinski definition) is 2. The van der Waals surface area contributed by atoms with Gasteiger partial charge in [-0.3, -0.25) is 4.79 Å². The van der Waals surface area contributed by atoms with Crippen LogP contribution >= 0.6 is 11.3 Å². The van der Waals surface area contributed by atoms with Gasteiger partial charge >= 0.3 is 5.97 Å². The number of carboxylic acid groups (broad SMARTS) is 1. The topological polar surface area (TPSA) is 80.4 Å². The first-order valence-electron chi connectivity index (χ1n) is 9.55. The molecule has 152 valence electrons. The van der Waals surface area contributed by atoms with E-state index in [2.05, 4.69) is 30.8 Å². The zero-order valence-corrected chi connectivity index (χ0v) is 17.5. The highest BCUT2D eigenvalue weighted by molar-refractivity contribution is 7.24. The van der Waals surface area contributed by atoms with Crippen LogP contribution in [0.15, 0.2) is 83.7 Å². The standard InChI is InChI=1S/C21H17NOS.C4H6O2/c22-12-11-15-7-4-8-18-20(23)17-10-9-16(13-19(17)24-21(15)18)14-5-2-1-3-6-14;1-3(2)4(5)6/h1-10,13H,11-12,22H2;1H2,2H3,(H,5,6). The molecule has 5 heteroatoms. The van der Waals surface area contributed by atoms with Crippen LogP contribution in [0.1, 0.15) is 12.5 Å². The Morgan fingerprint density at radius 2 is 1.70 bits per heavy atom. The first-order chi connectivity index (χ1) is 14.4. The summed E-state index contributed by atoms with van der Waals surface area (Å²) in [6.45, 7) is 5.19. The summed E-state index contributed by atoms with van der Waals surface area (Å²) in [6, 6.07) is 22.3. The molecule has 0 amide bonds.